The maximum absolute atomic E-state index is 12.9. The van der Waals surface area contributed by atoms with Gasteiger partial charge in [0.15, 0.2) is 0 Å². The Morgan fingerprint density at radius 2 is 1.71 bits per heavy atom. The summed E-state index contributed by atoms with van der Waals surface area (Å²) in [6.07, 6.45) is 0.721. The Bertz CT molecular complexity index is 1440. The van der Waals surface area contributed by atoms with Gasteiger partial charge in [-0.05, 0) is 69.2 Å². The van der Waals surface area contributed by atoms with Gasteiger partial charge >= 0.3 is 0 Å². The number of nitrogens with zero attached hydrogens (tertiary/aromatic N) is 2. The largest absolute Gasteiger partial charge is 0.352 e. The number of hydrogen-bond donors (Lipinski definition) is 2. The summed E-state index contributed by atoms with van der Waals surface area (Å²) in [6.45, 7) is 6.88. The standard InChI is InChI=1S/C26H28N4O3S/c1-18-9-12-21(13-10-18)29-34(32,33)22-14-11-19(2)23(17-22)26(31)27-15-6-16-30-20(3)28-24-7-4-5-8-25(24)30/h4-5,7-14,17,29H,6,15-16H2,1-3H3,(H,27,31). The maximum atomic E-state index is 12.9. The van der Waals surface area contributed by atoms with Crippen molar-refractivity contribution < 1.29 is 13.2 Å². The molecule has 0 saturated carbocycles. The summed E-state index contributed by atoms with van der Waals surface area (Å²) >= 11 is 0. The number of benzene rings is 3. The number of rotatable bonds is 8. The van der Waals surface area contributed by atoms with Gasteiger partial charge in [-0.25, -0.2) is 13.4 Å². The summed E-state index contributed by atoms with van der Waals surface area (Å²) in [7, 11) is -3.82. The predicted molar refractivity (Wildman–Crippen MR) is 135 cm³/mol. The summed E-state index contributed by atoms with van der Waals surface area (Å²) < 4.78 is 30.4. The molecular formula is C26H28N4O3S. The van der Waals surface area contributed by atoms with E-state index in [4.69, 9.17) is 0 Å². The van der Waals surface area contributed by atoms with Crippen molar-refractivity contribution in [2.75, 3.05) is 11.3 Å². The number of hydrogen-bond acceptors (Lipinski definition) is 4. The summed E-state index contributed by atoms with van der Waals surface area (Å²) in [5.41, 5.74) is 4.59. The maximum Gasteiger partial charge on any atom is 0.261 e. The fraction of sp³-hybridized carbons (Fsp3) is 0.231. The van der Waals surface area contributed by atoms with Gasteiger partial charge in [0.25, 0.3) is 15.9 Å². The first-order chi connectivity index (χ1) is 16.2. The summed E-state index contributed by atoms with van der Waals surface area (Å²) in [6, 6.07) is 19.6. The van der Waals surface area contributed by atoms with E-state index in [0.717, 1.165) is 35.4 Å². The highest BCUT2D eigenvalue weighted by molar-refractivity contribution is 7.92. The molecule has 176 valence electrons. The number of aryl methyl sites for hydroxylation is 4. The van der Waals surface area contributed by atoms with E-state index in [1.165, 1.54) is 12.1 Å². The molecule has 2 N–H and O–H groups in total. The van der Waals surface area contributed by atoms with Crippen molar-refractivity contribution >= 4 is 32.7 Å². The minimum Gasteiger partial charge on any atom is -0.352 e. The first-order valence-electron chi connectivity index (χ1n) is 11.1. The summed E-state index contributed by atoms with van der Waals surface area (Å²) in [5.74, 6) is 0.638. The molecule has 0 atom stereocenters. The molecule has 0 spiro atoms. The SMILES string of the molecule is Cc1ccc(NS(=O)(=O)c2ccc(C)c(C(=O)NCCCn3c(C)nc4ccccc43)c2)cc1. The molecular weight excluding hydrogens is 448 g/mol. The Morgan fingerprint density at radius 1 is 0.971 bits per heavy atom. The van der Waals surface area contributed by atoms with E-state index in [9.17, 15) is 13.2 Å². The van der Waals surface area contributed by atoms with Crippen LogP contribution in [0.25, 0.3) is 11.0 Å². The molecule has 0 radical (unpaired) electrons. The first-order valence-corrected chi connectivity index (χ1v) is 12.6. The number of para-hydroxylation sites is 2. The Balaban J connectivity index is 1.41. The van der Waals surface area contributed by atoms with Crippen LogP contribution in [-0.2, 0) is 16.6 Å². The number of carbonyl (C=O) groups is 1. The lowest BCUT2D eigenvalue weighted by Crippen LogP contribution is -2.26. The third-order valence-corrected chi connectivity index (χ3v) is 7.14. The van der Waals surface area contributed by atoms with Gasteiger partial charge in [0.05, 0.1) is 15.9 Å². The predicted octanol–water partition coefficient (Wildman–Crippen LogP) is 4.58. The third kappa shape index (κ3) is 5.12. The average Bonchev–Trinajstić information content (AvgIpc) is 3.13. The van der Waals surface area contributed by atoms with Gasteiger partial charge < -0.3 is 9.88 Å². The number of sulfonamides is 1. The highest BCUT2D eigenvalue weighted by atomic mass is 32.2. The second kappa shape index (κ2) is 9.69. The van der Waals surface area contributed by atoms with Gasteiger partial charge in [-0.1, -0.05) is 35.9 Å². The Labute approximate surface area is 199 Å². The van der Waals surface area contributed by atoms with Gasteiger partial charge in [0, 0.05) is 24.3 Å². The molecule has 3 aromatic carbocycles. The van der Waals surface area contributed by atoms with Crippen molar-refractivity contribution in [3.05, 3.63) is 89.2 Å². The molecule has 34 heavy (non-hydrogen) atoms. The fourth-order valence-electron chi connectivity index (χ4n) is 3.86. The van der Waals surface area contributed by atoms with E-state index >= 15 is 0 Å². The zero-order valence-corrected chi connectivity index (χ0v) is 20.3. The summed E-state index contributed by atoms with van der Waals surface area (Å²) in [5, 5.41) is 2.92. The molecule has 1 heterocycles. The van der Waals surface area contributed by atoms with Crippen molar-refractivity contribution in [3.63, 3.8) is 0 Å². The molecule has 1 amide bonds. The minimum atomic E-state index is -3.82. The summed E-state index contributed by atoms with van der Waals surface area (Å²) in [4.78, 5) is 17.4. The second-order valence-electron chi connectivity index (χ2n) is 8.36. The van der Waals surface area contributed by atoms with Crippen molar-refractivity contribution in [2.45, 2.75) is 38.6 Å². The van der Waals surface area contributed by atoms with Crippen LogP contribution in [0, 0.1) is 20.8 Å². The second-order valence-corrected chi connectivity index (χ2v) is 10.0. The molecule has 0 saturated heterocycles. The molecule has 0 aliphatic rings. The van der Waals surface area contributed by atoms with E-state index in [1.54, 1.807) is 25.1 Å². The number of aromatic nitrogens is 2. The van der Waals surface area contributed by atoms with Crippen molar-refractivity contribution in [1.29, 1.82) is 0 Å². The molecule has 7 nitrogen and oxygen atoms in total. The monoisotopic (exact) mass is 476 g/mol. The lowest BCUT2D eigenvalue weighted by Gasteiger charge is -2.12. The van der Waals surface area contributed by atoms with Crippen LogP contribution >= 0.6 is 0 Å². The van der Waals surface area contributed by atoms with Gasteiger partial charge in [0.2, 0.25) is 0 Å². The molecule has 0 aliphatic carbocycles. The van der Waals surface area contributed by atoms with E-state index in [2.05, 4.69) is 19.6 Å². The van der Waals surface area contributed by atoms with Gasteiger partial charge in [-0.2, -0.15) is 0 Å². The van der Waals surface area contributed by atoms with Crippen LogP contribution in [0.3, 0.4) is 0 Å². The quantitative estimate of drug-likeness (QED) is 0.364. The highest BCUT2D eigenvalue weighted by Gasteiger charge is 2.18. The van der Waals surface area contributed by atoms with Crippen molar-refractivity contribution in [2.24, 2.45) is 0 Å². The van der Waals surface area contributed by atoms with E-state index in [0.29, 0.717) is 23.4 Å². The normalized spacial score (nSPS) is 11.5. The van der Waals surface area contributed by atoms with Crippen molar-refractivity contribution in [3.8, 4) is 0 Å². The number of amides is 1. The first kappa shape index (κ1) is 23.5. The molecule has 0 unspecified atom stereocenters. The van der Waals surface area contributed by atoms with E-state index in [-0.39, 0.29) is 10.8 Å². The fourth-order valence-corrected chi connectivity index (χ4v) is 4.95. The van der Waals surface area contributed by atoms with E-state index in [1.807, 2.05) is 50.2 Å². The van der Waals surface area contributed by atoms with Crippen LogP contribution in [0.15, 0.2) is 71.6 Å². The number of nitrogens with one attached hydrogen (secondary N) is 2. The lowest BCUT2D eigenvalue weighted by atomic mass is 10.1. The zero-order chi connectivity index (χ0) is 24.3. The number of anilines is 1. The molecule has 8 heteroatoms. The third-order valence-electron chi connectivity index (χ3n) is 5.76. The Hall–Kier alpha value is -3.65. The molecule has 4 rings (SSSR count). The topological polar surface area (TPSA) is 93.1 Å². The Morgan fingerprint density at radius 3 is 2.47 bits per heavy atom. The van der Waals surface area contributed by atoms with Crippen molar-refractivity contribution in [1.82, 2.24) is 14.9 Å². The molecule has 0 fully saturated rings. The molecule has 0 aliphatic heterocycles. The average molecular weight is 477 g/mol. The number of carbonyl (C=O) groups excluding carboxylic acids is 1. The van der Waals surface area contributed by atoms with E-state index < -0.39 is 10.0 Å². The lowest BCUT2D eigenvalue weighted by molar-refractivity contribution is 0.0952. The number of fused-ring (bicyclic) bond motifs is 1. The van der Waals surface area contributed by atoms with Gasteiger partial charge in [-0.3, -0.25) is 9.52 Å². The highest BCUT2D eigenvalue weighted by Crippen LogP contribution is 2.20. The van der Waals surface area contributed by atoms with Crippen LogP contribution in [0.1, 0.15) is 33.7 Å². The van der Waals surface area contributed by atoms with Crippen LogP contribution in [-0.4, -0.2) is 30.4 Å². The molecule has 0 bridgehead atoms. The molecule has 4 aromatic rings. The smallest absolute Gasteiger partial charge is 0.261 e. The van der Waals surface area contributed by atoms with Crippen LogP contribution in [0.4, 0.5) is 5.69 Å². The number of imidazole rings is 1. The van der Waals surface area contributed by atoms with Gasteiger partial charge in [0.1, 0.15) is 5.82 Å². The minimum absolute atomic E-state index is 0.0457. The Kier molecular flexibility index (Phi) is 6.70. The van der Waals surface area contributed by atoms with Gasteiger partial charge in [-0.15, -0.1) is 0 Å². The van der Waals surface area contributed by atoms with Crippen LogP contribution < -0.4 is 10.0 Å². The van der Waals surface area contributed by atoms with Crippen LogP contribution in [0.5, 0.6) is 0 Å². The van der Waals surface area contributed by atoms with Crippen LogP contribution in [0.2, 0.25) is 0 Å². The molecule has 1 aromatic heterocycles. The zero-order valence-electron chi connectivity index (χ0n) is 19.5.